The lowest BCUT2D eigenvalue weighted by molar-refractivity contribution is -0.139. The van der Waals surface area contributed by atoms with Crippen LogP contribution in [-0.2, 0) is 4.79 Å². The molecular formula is C12H24O2. The summed E-state index contributed by atoms with van der Waals surface area (Å²) in [6.07, 6.45) is -0.852. The smallest absolute Gasteiger partial charge is 0.166 e. The number of carbonyl (C=O) groups is 1. The minimum atomic E-state index is -0.852. The van der Waals surface area contributed by atoms with Gasteiger partial charge < -0.3 is 5.11 Å². The van der Waals surface area contributed by atoms with Crippen molar-refractivity contribution in [2.24, 2.45) is 16.7 Å². The molecule has 0 aliphatic rings. The van der Waals surface area contributed by atoms with E-state index in [2.05, 4.69) is 0 Å². The molecule has 0 aromatic carbocycles. The molecule has 2 nitrogen and oxygen atoms in total. The molecule has 0 heterocycles. The third-order valence-electron chi connectivity index (χ3n) is 2.85. The maximum Gasteiger partial charge on any atom is 0.166 e. The summed E-state index contributed by atoms with van der Waals surface area (Å²) in [5.41, 5.74) is -0.501. The van der Waals surface area contributed by atoms with Crippen LogP contribution in [0.1, 0.15) is 48.5 Å². The molecule has 0 unspecified atom stereocenters. The third kappa shape index (κ3) is 3.41. The average molecular weight is 200 g/mol. The van der Waals surface area contributed by atoms with Crippen molar-refractivity contribution < 1.29 is 9.90 Å². The van der Waals surface area contributed by atoms with Crippen LogP contribution in [0, 0.1) is 16.7 Å². The third-order valence-corrected chi connectivity index (χ3v) is 2.85. The molecule has 0 fully saturated rings. The minimum Gasteiger partial charge on any atom is -0.385 e. The van der Waals surface area contributed by atoms with Crippen LogP contribution in [0.15, 0.2) is 0 Å². The summed E-state index contributed by atoms with van der Waals surface area (Å²) in [5.74, 6) is -0.0888. The normalized spacial score (nSPS) is 17.7. The first kappa shape index (κ1) is 13.6. The summed E-state index contributed by atoms with van der Waals surface area (Å²) in [5, 5.41) is 9.91. The second kappa shape index (κ2) is 4.01. The predicted octanol–water partition coefficient (Wildman–Crippen LogP) is 2.64. The number of rotatable bonds is 2. The largest absolute Gasteiger partial charge is 0.385 e. The zero-order valence-corrected chi connectivity index (χ0v) is 10.5. The minimum absolute atomic E-state index is 0.0192. The van der Waals surface area contributed by atoms with Crippen molar-refractivity contribution in [2.45, 2.75) is 54.6 Å². The van der Waals surface area contributed by atoms with Gasteiger partial charge in [0.25, 0.3) is 0 Å². The first-order chi connectivity index (χ1) is 5.98. The monoisotopic (exact) mass is 200 g/mol. The fourth-order valence-corrected chi connectivity index (χ4v) is 1.14. The Morgan fingerprint density at radius 2 is 1.43 bits per heavy atom. The van der Waals surface area contributed by atoms with Gasteiger partial charge in [0.15, 0.2) is 5.78 Å². The molecule has 1 N–H and O–H groups in total. The van der Waals surface area contributed by atoms with Crippen LogP contribution in [0.4, 0.5) is 0 Å². The van der Waals surface area contributed by atoms with Crippen LogP contribution in [0.25, 0.3) is 0 Å². The van der Waals surface area contributed by atoms with Crippen molar-refractivity contribution in [3.05, 3.63) is 0 Å². The maximum atomic E-state index is 11.8. The fraction of sp³-hybridized carbons (Fsp3) is 0.917. The Kier molecular flexibility index (Phi) is 3.91. The molecule has 0 aromatic heterocycles. The van der Waals surface area contributed by atoms with Crippen LogP contribution in [0.2, 0.25) is 0 Å². The number of hydrogen-bond acceptors (Lipinski definition) is 2. The molecule has 0 aliphatic carbocycles. The fourth-order valence-electron chi connectivity index (χ4n) is 1.14. The van der Waals surface area contributed by atoms with Gasteiger partial charge in [-0.2, -0.15) is 0 Å². The van der Waals surface area contributed by atoms with Gasteiger partial charge in [-0.3, -0.25) is 4.79 Å². The molecule has 2 atom stereocenters. The molecule has 2 heteroatoms. The van der Waals surface area contributed by atoms with Crippen molar-refractivity contribution >= 4 is 5.78 Å². The highest BCUT2D eigenvalue weighted by molar-refractivity contribution is 5.87. The van der Waals surface area contributed by atoms with E-state index in [-0.39, 0.29) is 17.1 Å². The average Bonchev–Trinajstić information content (AvgIpc) is 1.97. The van der Waals surface area contributed by atoms with Crippen molar-refractivity contribution in [3.8, 4) is 0 Å². The lowest BCUT2D eigenvalue weighted by Crippen LogP contribution is -2.41. The molecule has 0 radical (unpaired) electrons. The molecule has 0 spiro atoms. The molecule has 0 rings (SSSR count). The van der Waals surface area contributed by atoms with Gasteiger partial charge >= 0.3 is 0 Å². The second-order valence-corrected chi connectivity index (χ2v) is 6.21. The highest BCUT2D eigenvalue weighted by Crippen LogP contribution is 2.31. The van der Waals surface area contributed by atoms with Gasteiger partial charge in [0.2, 0.25) is 0 Å². The van der Waals surface area contributed by atoms with E-state index in [9.17, 15) is 9.90 Å². The predicted molar refractivity (Wildman–Crippen MR) is 59.1 cm³/mol. The van der Waals surface area contributed by atoms with E-state index in [1.165, 1.54) is 0 Å². The van der Waals surface area contributed by atoms with Crippen LogP contribution >= 0.6 is 0 Å². The van der Waals surface area contributed by atoms with E-state index in [0.29, 0.717) is 0 Å². The summed E-state index contributed by atoms with van der Waals surface area (Å²) in [7, 11) is 0. The van der Waals surface area contributed by atoms with Gasteiger partial charge in [0.05, 0.1) is 0 Å². The van der Waals surface area contributed by atoms with Gasteiger partial charge in [-0.1, -0.05) is 48.5 Å². The number of Topliss-reactive ketones (excluding diaryl/α,β-unsaturated/α-hetero) is 1. The van der Waals surface area contributed by atoms with Gasteiger partial charge in [-0.25, -0.2) is 0 Å². The number of hydrogen-bond donors (Lipinski definition) is 1. The lowest BCUT2D eigenvalue weighted by Gasteiger charge is -2.33. The summed E-state index contributed by atoms with van der Waals surface area (Å²) in [4.78, 5) is 11.8. The van der Waals surface area contributed by atoms with E-state index in [0.717, 1.165) is 0 Å². The van der Waals surface area contributed by atoms with Gasteiger partial charge in [0.1, 0.15) is 6.10 Å². The van der Waals surface area contributed by atoms with Crippen molar-refractivity contribution in [3.63, 3.8) is 0 Å². The Bertz CT molecular complexity index is 205. The molecule has 0 saturated carbocycles. The number of carbonyl (C=O) groups excluding carboxylic acids is 1. The Morgan fingerprint density at radius 1 is 1.07 bits per heavy atom. The second-order valence-electron chi connectivity index (χ2n) is 6.21. The molecule has 0 aromatic rings. The number of aliphatic hydroxyl groups excluding tert-OH is 1. The zero-order valence-electron chi connectivity index (χ0n) is 10.5. The van der Waals surface area contributed by atoms with Crippen molar-refractivity contribution in [1.82, 2.24) is 0 Å². The van der Waals surface area contributed by atoms with E-state index >= 15 is 0 Å². The van der Waals surface area contributed by atoms with Crippen LogP contribution in [-0.4, -0.2) is 17.0 Å². The number of ketones is 1. The molecule has 84 valence electrons. The summed E-state index contributed by atoms with van der Waals surface area (Å²) < 4.78 is 0. The Morgan fingerprint density at radius 3 is 1.64 bits per heavy atom. The summed E-state index contributed by atoms with van der Waals surface area (Å²) in [6.45, 7) is 13.6. The molecule has 0 bridgehead atoms. The van der Waals surface area contributed by atoms with Crippen LogP contribution in [0.5, 0.6) is 0 Å². The molecule has 0 saturated heterocycles. The molecule has 0 amide bonds. The topological polar surface area (TPSA) is 37.3 Å². The Hall–Kier alpha value is -0.370. The molecule has 0 aliphatic heterocycles. The van der Waals surface area contributed by atoms with Crippen molar-refractivity contribution in [2.75, 3.05) is 0 Å². The van der Waals surface area contributed by atoms with E-state index in [4.69, 9.17) is 0 Å². The highest BCUT2D eigenvalue weighted by Gasteiger charge is 2.36. The first-order valence-corrected chi connectivity index (χ1v) is 5.20. The quantitative estimate of drug-likeness (QED) is 0.744. The van der Waals surface area contributed by atoms with Crippen molar-refractivity contribution in [1.29, 1.82) is 0 Å². The highest BCUT2D eigenvalue weighted by atomic mass is 16.3. The summed E-state index contributed by atoms with van der Waals surface area (Å²) in [6, 6.07) is 0. The Labute approximate surface area is 87.7 Å². The standard InChI is InChI=1S/C12H24O2/c1-8(11(2,3)4)9(13)10(14)12(5,6)7/h8-9,13H,1-7H3/t8-,9-/m1/s1. The zero-order chi connectivity index (χ0) is 11.7. The van der Waals surface area contributed by atoms with Gasteiger partial charge in [-0.05, 0) is 11.3 Å². The number of aliphatic hydroxyl groups is 1. The van der Waals surface area contributed by atoms with E-state index in [1.54, 1.807) is 0 Å². The van der Waals surface area contributed by atoms with E-state index in [1.807, 2.05) is 48.5 Å². The lowest BCUT2D eigenvalue weighted by atomic mass is 9.73. The van der Waals surface area contributed by atoms with E-state index < -0.39 is 11.5 Å². The van der Waals surface area contributed by atoms with Gasteiger partial charge in [0, 0.05) is 5.41 Å². The van der Waals surface area contributed by atoms with Gasteiger partial charge in [-0.15, -0.1) is 0 Å². The maximum absolute atomic E-state index is 11.8. The Balaban J connectivity index is 4.65. The summed E-state index contributed by atoms with van der Waals surface area (Å²) >= 11 is 0. The SMILES string of the molecule is C[C@H]([C@@H](O)C(=O)C(C)(C)C)C(C)(C)C. The molecular weight excluding hydrogens is 176 g/mol. The van der Waals surface area contributed by atoms with Crippen LogP contribution in [0.3, 0.4) is 0 Å². The first-order valence-electron chi connectivity index (χ1n) is 5.20. The van der Waals surface area contributed by atoms with Crippen LogP contribution < -0.4 is 0 Å². The molecule has 14 heavy (non-hydrogen) atoms.